The fourth-order valence-corrected chi connectivity index (χ4v) is 1.74. The maximum Gasteiger partial charge on any atom is 0.221 e. The lowest BCUT2D eigenvalue weighted by Gasteiger charge is -2.17. The molecule has 1 fully saturated rings. The van der Waals surface area contributed by atoms with E-state index in [4.69, 9.17) is 5.73 Å². The van der Waals surface area contributed by atoms with E-state index in [1.165, 1.54) is 19.3 Å². The van der Waals surface area contributed by atoms with Crippen LogP contribution in [0.1, 0.15) is 39.5 Å². The van der Waals surface area contributed by atoms with Crippen LogP contribution < -0.4 is 16.4 Å². The summed E-state index contributed by atoms with van der Waals surface area (Å²) in [5.74, 6) is 1.01. The van der Waals surface area contributed by atoms with Crippen molar-refractivity contribution in [2.75, 3.05) is 13.1 Å². The highest BCUT2D eigenvalue weighted by Gasteiger charge is 2.21. The smallest absolute Gasteiger partial charge is 0.221 e. The van der Waals surface area contributed by atoms with Crippen molar-refractivity contribution in [2.24, 2.45) is 11.7 Å². The molecule has 1 amide bonds. The predicted molar refractivity (Wildman–Crippen MR) is 66.1 cm³/mol. The molecule has 4 nitrogen and oxygen atoms in total. The van der Waals surface area contributed by atoms with Gasteiger partial charge in [-0.15, -0.1) is 0 Å². The average molecular weight is 227 g/mol. The summed E-state index contributed by atoms with van der Waals surface area (Å²) in [5.41, 5.74) is 5.64. The summed E-state index contributed by atoms with van der Waals surface area (Å²) in [6, 6.07) is 0.329. The SMILES string of the molecule is CC(C)NC(=O)CC(CN)NCCC1CC1. The molecule has 0 heterocycles. The first-order valence-corrected chi connectivity index (χ1v) is 6.34. The predicted octanol–water partition coefficient (Wildman–Crippen LogP) is 0.618. The molecule has 0 saturated heterocycles. The van der Waals surface area contributed by atoms with Gasteiger partial charge in [-0.05, 0) is 32.7 Å². The molecule has 0 spiro atoms. The molecular weight excluding hydrogens is 202 g/mol. The minimum atomic E-state index is 0.0874. The highest BCUT2D eigenvalue weighted by molar-refractivity contribution is 5.76. The molecule has 1 atom stereocenters. The number of carbonyl (C=O) groups excluding carboxylic acids is 1. The first-order valence-electron chi connectivity index (χ1n) is 6.34. The van der Waals surface area contributed by atoms with Gasteiger partial charge >= 0.3 is 0 Å². The Hall–Kier alpha value is -0.610. The van der Waals surface area contributed by atoms with Crippen LogP contribution in [0.5, 0.6) is 0 Å². The van der Waals surface area contributed by atoms with Crippen LogP contribution in [0, 0.1) is 5.92 Å². The van der Waals surface area contributed by atoms with Gasteiger partial charge in [-0.25, -0.2) is 0 Å². The van der Waals surface area contributed by atoms with Gasteiger partial charge < -0.3 is 16.4 Å². The molecule has 1 unspecified atom stereocenters. The van der Waals surface area contributed by atoms with Crippen LogP contribution in [0.15, 0.2) is 0 Å². The Morgan fingerprint density at radius 1 is 1.44 bits per heavy atom. The van der Waals surface area contributed by atoms with Crippen LogP contribution in [0.4, 0.5) is 0 Å². The van der Waals surface area contributed by atoms with E-state index in [1.807, 2.05) is 13.8 Å². The highest BCUT2D eigenvalue weighted by Crippen LogP contribution is 2.31. The molecule has 0 bridgehead atoms. The number of nitrogens with one attached hydrogen (secondary N) is 2. The minimum Gasteiger partial charge on any atom is -0.354 e. The quantitative estimate of drug-likeness (QED) is 0.569. The van der Waals surface area contributed by atoms with Gasteiger partial charge in [0.15, 0.2) is 0 Å². The van der Waals surface area contributed by atoms with E-state index in [9.17, 15) is 4.79 Å². The summed E-state index contributed by atoms with van der Waals surface area (Å²) >= 11 is 0. The van der Waals surface area contributed by atoms with Gasteiger partial charge in [-0.2, -0.15) is 0 Å². The van der Waals surface area contributed by atoms with Crippen LogP contribution in [0.3, 0.4) is 0 Å². The van der Waals surface area contributed by atoms with Gasteiger partial charge in [0.05, 0.1) is 0 Å². The second kappa shape index (κ2) is 6.86. The molecule has 0 aliphatic heterocycles. The number of nitrogens with two attached hydrogens (primary N) is 1. The highest BCUT2D eigenvalue weighted by atomic mass is 16.1. The second-order valence-electron chi connectivity index (χ2n) is 5.05. The molecule has 4 N–H and O–H groups in total. The standard InChI is InChI=1S/C12H25N3O/c1-9(2)15-12(16)7-11(8-13)14-6-5-10-3-4-10/h9-11,14H,3-8,13H2,1-2H3,(H,15,16). The topological polar surface area (TPSA) is 67.2 Å². The lowest BCUT2D eigenvalue weighted by Crippen LogP contribution is -2.42. The first kappa shape index (κ1) is 13.5. The van der Waals surface area contributed by atoms with E-state index >= 15 is 0 Å². The average Bonchev–Trinajstić information content (AvgIpc) is 2.98. The van der Waals surface area contributed by atoms with E-state index < -0.39 is 0 Å². The molecule has 1 aliphatic carbocycles. The van der Waals surface area contributed by atoms with Gasteiger partial charge in [0.2, 0.25) is 5.91 Å². The number of hydrogen-bond acceptors (Lipinski definition) is 3. The molecule has 0 aromatic heterocycles. The van der Waals surface area contributed by atoms with Crippen LogP contribution in [0.25, 0.3) is 0 Å². The lowest BCUT2D eigenvalue weighted by molar-refractivity contribution is -0.122. The van der Waals surface area contributed by atoms with Gasteiger partial charge in [-0.1, -0.05) is 12.8 Å². The van der Waals surface area contributed by atoms with Crippen molar-refractivity contribution in [1.29, 1.82) is 0 Å². The first-order chi connectivity index (χ1) is 7.61. The van der Waals surface area contributed by atoms with Gasteiger partial charge in [0, 0.05) is 25.0 Å². The zero-order valence-electron chi connectivity index (χ0n) is 10.5. The third-order valence-corrected chi connectivity index (χ3v) is 2.85. The van der Waals surface area contributed by atoms with E-state index in [0.29, 0.717) is 13.0 Å². The Kier molecular flexibility index (Phi) is 5.77. The van der Waals surface area contributed by atoms with Crippen molar-refractivity contribution in [3.63, 3.8) is 0 Å². The van der Waals surface area contributed by atoms with Crippen molar-refractivity contribution < 1.29 is 4.79 Å². The van der Waals surface area contributed by atoms with Gasteiger partial charge in [0.25, 0.3) is 0 Å². The minimum absolute atomic E-state index is 0.0874. The van der Waals surface area contributed by atoms with Crippen LogP contribution in [-0.2, 0) is 4.79 Å². The van der Waals surface area contributed by atoms with Crippen LogP contribution in [0.2, 0.25) is 0 Å². The molecule has 0 aromatic carbocycles. The Labute approximate surface area is 98.3 Å². The van der Waals surface area contributed by atoms with E-state index in [2.05, 4.69) is 10.6 Å². The third kappa shape index (κ3) is 6.08. The Balaban J connectivity index is 2.11. The van der Waals surface area contributed by atoms with Crippen molar-refractivity contribution in [3.8, 4) is 0 Å². The monoisotopic (exact) mass is 227 g/mol. The summed E-state index contributed by atoms with van der Waals surface area (Å²) in [7, 11) is 0. The summed E-state index contributed by atoms with van der Waals surface area (Å²) < 4.78 is 0. The maximum atomic E-state index is 11.5. The van der Waals surface area contributed by atoms with E-state index in [0.717, 1.165) is 12.5 Å². The fraction of sp³-hybridized carbons (Fsp3) is 0.917. The number of rotatable bonds is 8. The van der Waals surface area contributed by atoms with Gasteiger partial charge in [0.1, 0.15) is 0 Å². The molecular formula is C12H25N3O. The summed E-state index contributed by atoms with van der Waals surface area (Å²) in [4.78, 5) is 11.5. The Morgan fingerprint density at radius 2 is 2.12 bits per heavy atom. The molecule has 0 aromatic rings. The normalized spacial score (nSPS) is 17.5. The molecule has 1 saturated carbocycles. The second-order valence-corrected chi connectivity index (χ2v) is 5.05. The van der Waals surface area contributed by atoms with Crippen molar-refractivity contribution in [2.45, 2.75) is 51.6 Å². The third-order valence-electron chi connectivity index (χ3n) is 2.85. The zero-order chi connectivity index (χ0) is 12.0. The van der Waals surface area contributed by atoms with Crippen molar-refractivity contribution >= 4 is 5.91 Å². The Bertz CT molecular complexity index is 214. The lowest BCUT2D eigenvalue weighted by atomic mass is 10.1. The molecule has 16 heavy (non-hydrogen) atoms. The van der Waals surface area contributed by atoms with E-state index in [-0.39, 0.29) is 18.0 Å². The summed E-state index contributed by atoms with van der Waals surface area (Å²) in [6.45, 7) is 5.45. The maximum absolute atomic E-state index is 11.5. The molecule has 1 aliphatic rings. The Morgan fingerprint density at radius 3 is 2.62 bits per heavy atom. The summed E-state index contributed by atoms with van der Waals surface area (Å²) in [5, 5.41) is 6.24. The molecule has 94 valence electrons. The van der Waals surface area contributed by atoms with Crippen LogP contribution >= 0.6 is 0 Å². The molecule has 1 rings (SSSR count). The van der Waals surface area contributed by atoms with E-state index in [1.54, 1.807) is 0 Å². The van der Waals surface area contributed by atoms with Gasteiger partial charge in [-0.3, -0.25) is 4.79 Å². The fourth-order valence-electron chi connectivity index (χ4n) is 1.74. The largest absolute Gasteiger partial charge is 0.354 e. The zero-order valence-corrected chi connectivity index (χ0v) is 10.5. The van der Waals surface area contributed by atoms with Crippen molar-refractivity contribution in [1.82, 2.24) is 10.6 Å². The van der Waals surface area contributed by atoms with Crippen molar-refractivity contribution in [3.05, 3.63) is 0 Å². The number of amides is 1. The molecule has 0 radical (unpaired) electrons. The molecule has 4 heteroatoms. The van der Waals surface area contributed by atoms with Crippen LogP contribution in [-0.4, -0.2) is 31.1 Å². The number of carbonyl (C=O) groups is 1. The number of hydrogen-bond donors (Lipinski definition) is 3. The summed E-state index contributed by atoms with van der Waals surface area (Å²) in [6.07, 6.45) is 4.47.